The van der Waals surface area contributed by atoms with Gasteiger partial charge < -0.3 is 38.2 Å². The highest BCUT2D eigenvalue weighted by atomic mass is 16.5. The average Bonchev–Trinajstić information content (AvgIpc) is 2.65. The molecule has 3 aliphatic heterocycles. The number of quaternary nitrogens is 2. The fraction of sp³-hybridized carbons (Fsp3) is 1.00. The van der Waals surface area contributed by atoms with E-state index in [4.69, 9.17) is 28.4 Å². The third-order valence-corrected chi connectivity index (χ3v) is 4.72. The quantitative estimate of drug-likeness (QED) is 0.465. The fourth-order valence-electron chi connectivity index (χ4n) is 3.01. The summed E-state index contributed by atoms with van der Waals surface area (Å²) in [5.74, 6) is 0. The zero-order valence-electron chi connectivity index (χ0n) is 16.2. The molecule has 8 heteroatoms. The van der Waals surface area contributed by atoms with Crippen molar-refractivity contribution in [3.05, 3.63) is 0 Å². The number of nitrogens with one attached hydrogen (secondary N) is 2. The molecule has 2 N–H and O–H groups in total. The van der Waals surface area contributed by atoms with Crippen molar-refractivity contribution in [2.45, 2.75) is 0 Å². The fourth-order valence-corrected chi connectivity index (χ4v) is 3.01. The van der Waals surface area contributed by atoms with Gasteiger partial charge in [-0.3, -0.25) is 0 Å². The van der Waals surface area contributed by atoms with Gasteiger partial charge in [0.25, 0.3) is 0 Å². The molecule has 0 saturated carbocycles. The van der Waals surface area contributed by atoms with Crippen molar-refractivity contribution < 1.29 is 38.2 Å². The van der Waals surface area contributed by atoms with Crippen LogP contribution in [0, 0.1) is 0 Å². The molecule has 8 nitrogen and oxygen atoms in total. The molecular weight excluding hydrogens is 340 g/mol. The molecule has 0 radical (unpaired) electrons. The Morgan fingerprint density at radius 3 is 0.654 bits per heavy atom. The van der Waals surface area contributed by atoms with Gasteiger partial charge in [0.2, 0.25) is 0 Å². The molecule has 3 rings (SSSR count). The van der Waals surface area contributed by atoms with E-state index in [1.54, 1.807) is 0 Å². The molecule has 0 atom stereocenters. The lowest BCUT2D eigenvalue weighted by Crippen LogP contribution is -3.13. The minimum absolute atomic E-state index is 0.655. The standard InChI is InChI=1S/C18H36N2O6/c1-7-21-13-14-24-10-4-20-5-11-25-17-15-22-8-2-19(1)3-9-23-16-18-26-12-6-20/h1-18H2/p+2. The van der Waals surface area contributed by atoms with E-state index < -0.39 is 0 Å². The highest BCUT2D eigenvalue weighted by Crippen LogP contribution is 1.82. The first kappa shape index (κ1) is 22.0. The molecule has 0 aliphatic carbocycles. The van der Waals surface area contributed by atoms with Gasteiger partial charge in [-0.15, -0.1) is 0 Å². The lowest BCUT2D eigenvalue weighted by Gasteiger charge is -2.22. The Morgan fingerprint density at radius 1 is 0.269 bits per heavy atom. The van der Waals surface area contributed by atoms with Crippen molar-refractivity contribution in [1.82, 2.24) is 0 Å². The van der Waals surface area contributed by atoms with Crippen LogP contribution in [0.2, 0.25) is 0 Å². The number of hydrogen-bond acceptors (Lipinski definition) is 6. The number of ether oxygens (including phenoxy) is 6. The van der Waals surface area contributed by atoms with Gasteiger partial charge in [0, 0.05) is 0 Å². The van der Waals surface area contributed by atoms with Gasteiger partial charge in [-0.1, -0.05) is 0 Å². The monoisotopic (exact) mass is 378 g/mol. The Bertz CT molecular complexity index is 247. The van der Waals surface area contributed by atoms with Gasteiger partial charge in [0.15, 0.2) is 0 Å². The maximum atomic E-state index is 5.73. The van der Waals surface area contributed by atoms with Gasteiger partial charge in [0.05, 0.1) is 79.3 Å². The van der Waals surface area contributed by atoms with E-state index >= 15 is 0 Å². The molecule has 0 spiro atoms. The molecule has 26 heavy (non-hydrogen) atoms. The van der Waals surface area contributed by atoms with E-state index in [0.717, 1.165) is 78.9 Å². The van der Waals surface area contributed by atoms with Crippen LogP contribution in [0.4, 0.5) is 0 Å². The molecule has 3 aliphatic rings. The van der Waals surface area contributed by atoms with Gasteiger partial charge in [0.1, 0.15) is 39.3 Å². The van der Waals surface area contributed by atoms with Gasteiger partial charge in [-0.05, 0) is 0 Å². The Hall–Kier alpha value is -0.320. The second kappa shape index (κ2) is 15.7. The minimum Gasteiger partial charge on any atom is -0.373 e. The molecule has 3 heterocycles. The third-order valence-electron chi connectivity index (χ3n) is 4.72. The summed E-state index contributed by atoms with van der Waals surface area (Å²) in [6, 6.07) is 0. The van der Waals surface area contributed by atoms with E-state index in [0.29, 0.717) is 39.6 Å². The summed E-state index contributed by atoms with van der Waals surface area (Å²) in [5.41, 5.74) is 0. The van der Waals surface area contributed by atoms with Crippen LogP contribution in [0.5, 0.6) is 0 Å². The predicted octanol–water partition coefficient (Wildman–Crippen LogP) is -3.12. The first-order chi connectivity index (χ1) is 12.9. The highest BCUT2D eigenvalue weighted by molar-refractivity contribution is 4.41. The summed E-state index contributed by atoms with van der Waals surface area (Å²) >= 11 is 0. The van der Waals surface area contributed by atoms with Crippen LogP contribution in [0.25, 0.3) is 0 Å². The SMILES string of the molecule is C1COCC[NH+]2CCOCCOCC[NH+](CCO1)CCOCCOCC2. The molecule has 3 fully saturated rings. The Balaban J connectivity index is 1.87. The third kappa shape index (κ3) is 11.4. The average molecular weight is 379 g/mol. The maximum absolute atomic E-state index is 5.73. The summed E-state index contributed by atoms with van der Waals surface area (Å²) in [6.07, 6.45) is 0. The maximum Gasteiger partial charge on any atom is 0.101 e. The molecule has 0 unspecified atom stereocenters. The topological polar surface area (TPSA) is 64.3 Å². The molecule has 154 valence electrons. The van der Waals surface area contributed by atoms with Crippen molar-refractivity contribution >= 4 is 0 Å². The van der Waals surface area contributed by atoms with E-state index in [1.165, 1.54) is 9.80 Å². The van der Waals surface area contributed by atoms with E-state index in [9.17, 15) is 0 Å². The van der Waals surface area contributed by atoms with Crippen LogP contribution in [-0.4, -0.2) is 119 Å². The molecule has 3 saturated heterocycles. The van der Waals surface area contributed by atoms with Gasteiger partial charge >= 0.3 is 0 Å². The summed E-state index contributed by atoms with van der Waals surface area (Å²) in [5, 5.41) is 0. The second-order valence-electron chi connectivity index (χ2n) is 6.67. The Morgan fingerprint density at radius 2 is 0.462 bits per heavy atom. The van der Waals surface area contributed by atoms with Crippen LogP contribution < -0.4 is 9.80 Å². The lowest BCUT2D eigenvalue weighted by atomic mass is 10.4. The van der Waals surface area contributed by atoms with Crippen LogP contribution >= 0.6 is 0 Å². The molecule has 0 aromatic rings. The summed E-state index contributed by atoms with van der Waals surface area (Å²) in [7, 11) is 0. The van der Waals surface area contributed by atoms with Crippen molar-refractivity contribution in [3.63, 3.8) is 0 Å². The van der Waals surface area contributed by atoms with E-state index in [-0.39, 0.29) is 0 Å². The highest BCUT2D eigenvalue weighted by Gasteiger charge is 2.11. The summed E-state index contributed by atoms with van der Waals surface area (Å²) in [4.78, 5) is 2.88. The predicted molar refractivity (Wildman–Crippen MR) is 96.0 cm³/mol. The zero-order chi connectivity index (χ0) is 18.1. The van der Waals surface area contributed by atoms with Gasteiger partial charge in [-0.2, -0.15) is 0 Å². The first-order valence-corrected chi connectivity index (χ1v) is 10.1. The molecule has 0 aromatic carbocycles. The van der Waals surface area contributed by atoms with E-state index in [2.05, 4.69) is 0 Å². The summed E-state index contributed by atoms with van der Waals surface area (Å²) < 4.78 is 34.4. The van der Waals surface area contributed by atoms with Crippen molar-refractivity contribution in [3.8, 4) is 0 Å². The van der Waals surface area contributed by atoms with Crippen molar-refractivity contribution in [2.75, 3.05) is 119 Å². The Kier molecular flexibility index (Phi) is 13.3. The van der Waals surface area contributed by atoms with Gasteiger partial charge in [-0.25, -0.2) is 0 Å². The zero-order valence-corrected chi connectivity index (χ0v) is 16.2. The lowest BCUT2D eigenvalue weighted by molar-refractivity contribution is -0.902. The van der Waals surface area contributed by atoms with Crippen molar-refractivity contribution in [2.24, 2.45) is 0 Å². The number of rotatable bonds is 0. The largest absolute Gasteiger partial charge is 0.373 e. The molecular formula is C18H38N2O6+2. The number of fused-ring (bicyclic) bond motifs is 21. The molecule has 0 amide bonds. The molecule has 0 aromatic heterocycles. The summed E-state index contributed by atoms with van der Waals surface area (Å²) in [6.45, 7) is 14.1. The van der Waals surface area contributed by atoms with Crippen LogP contribution in [-0.2, 0) is 28.4 Å². The smallest absolute Gasteiger partial charge is 0.101 e. The van der Waals surface area contributed by atoms with Crippen LogP contribution in [0.1, 0.15) is 0 Å². The number of hydrogen-bond donors (Lipinski definition) is 2. The first-order valence-electron chi connectivity index (χ1n) is 10.1. The van der Waals surface area contributed by atoms with E-state index in [1.807, 2.05) is 0 Å². The van der Waals surface area contributed by atoms with Crippen LogP contribution in [0.15, 0.2) is 0 Å². The minimum atomic E-state index is 0.655. The van der Waals surface area contributed by atoms with Crippen molar-refractivity contribution in [1.29, 1.82) is 0 Å². The Labute approximate surface area is 157 Å². The second-order valence-corrected chi connectivity index (χ2v) is 6.67. The van der Waals surface area contributed by atoms with Crippen LogP contribution in [0.3, 0.4) is 0 Å². The normalized spacial score (nSPS) is 30.5. The molecule has 2 bridgehead atoms.